The minimum atomic E-state index is 0.645. The second-order valence-electron chi connectivity index (χ2n) is 3.84. The second-order valence-corrected chi connectivity index (χ2v) is 3.84. The minimum absolute atomic E-state index is 0.645. The van der Waals surface area contributed by atoms with Crippen LogP contribution in [0.15, 0.2) is 24.3 Å². The molecule has 70 valence electrons. The summed E-state index contributed by atoms with van der Waals surface area (Å²) < 4.78 is 0. The van der Waals surface area contributed by atoms with Crippen molar-refractivity contribution in [1.29, 1.82) is 0 Å². The highest BCUT2D eigenvalue weighted by Crippen LogP contribution is 2.27. The molecule has 0 amide bonds. The lowest BCUT2D eigenvalue weighted by molar-refractivity contribution is 0.350. The lowest BCUT2D eigenvalue weighted by atomic mass is 9.94. The van der Waals surface area contributed by atoms with E-state index in [4.69, 9.17) is 5.84 Å². The Hall–Kier alpha value is -0.860. The third kappa shape index (κ3) is 1.74. The van der Waals surface area contributed by atoms with Gasteiger partial charge >= 0.3 is 0 Å². The van der Waals surface area contributed by atoms with Crippen molar-refractivity contribution in [3.8, 4) is 0 Å². The highest BCUT2D eigenvalue weighted by atomic mass is 15.4. The summed E-state index contributed by atoms with van der Waals surface area (Å²) >= 11 is 0. The average Bonchev–Trinajstić information content (AvgIpc) is 2.53. The topological polar surface area (TPSA) is 29.3 Å². The normalized spacial score (nSPS) is 23.7. The molecule has 0 saturated carbocycles. The van der Waals surface area contributed by atoms with E-state index in [1.165, 1.54) is 17.5 Å². The Bertz CT molecular complexity index is 296. The van der Waals surface area contributed by atoms with E-state index in [-0.39, 0.29) is 0 Å². The Kier molecular flexibility index (Phi) is 2.34. The van der Waals surface area contributed by atoms with Gasteiger partial charge in [0.15, 0.2) is 0 Å². The van der Waals surface area contributed by atoms with Gasteiger partial charge < -0.3 is 0 Å². The number of nitrogens with zero attached hydrogens (tertiary/aromatic N) is 1. The van der Waals surface area contributed by atoms with Gasteiger partial charge in [0.25, 0.3) is 0 Å². The van der Waals surface area contributed by atoms with E-state index in [1.54, 1.807) is 0 Å². The van der Waals surface area contributed by atoms with Crippen LogP contribution >= 0.6 is 0 Å². The summed E-state index contributed by atoms with van der Waals surface area (Å²) in [6.45, 7) is 4.21. The van der Waals surface area contributed by atoms with Gasteiger partial charge in [0.1, 0.15) is 0 Å². The first-order valence-electron chi connectivity index (χ1n) is 4.82. The van der Waals surface area contributed by atoms with Crippen LogP contribution in [0.2, 0.25) is 0 Å². The number of benzene rings is 1. The molecule has 1 fully saturated rings. The molecular weight excluding hydrogens is 160 g/mol. The van der Waals surface area contributed by atoms with Crippen LogP contribution in [0, 0.1) is 6.92 Å². The Balaban J connectivity index is 2.21. The first-order valence-corrected chi connectivity index (χ1v) is 4.82. The molecule has 1 aliphatic rings. The predicted octanol–water partition coefficient (Wildman–Crippen LogP) is 1.66. The molecule has 0 aromatic heterocycles. The smallest absolute Gasteiger partial charge is 0.0198 e. The van der Waals surface area contributed by atoms with Crippen LogP contribution in [-0.2, 0) is 0 Å². The SMILES string of the molecule is Cc1ccccc1C1CCN(N)C1. The molecule has 1 saturated heterocycles. The van der Waals surface area contributed by atoms with Crippen LogP contribution < -0.4 is 5.84 Å². The quantitative estimate of drug-likeness (QED) is 0.659. The Morgan fingerprint density at radius 1 is 1.38 bits per heavy atom. The molecule has 13 heavy (non-hydrogen) atoms. The first kappa shape index (κ1) is 8.73. The van der Waals surface area contributed by atoms with E-state index in [0.29, 0.717) is 5.92 Å². The van der Waals surface area contributed by atoms with Gasteiger partial charge in [0.2, 0.25) is 0 Å². The molecule has 0 spiro atoms. The summed E-state index contributed by atoms with van der Waals surface area (Å²) in [5.41, 5.74) is 2.86. The summed E-state index contributed by atoms with van der Waals surface area (Å²) in [6.07, 6.45) is 1.20. The summed E-state index contributed by atoms with van der Waals surface area (Å²) in [5.74, 6) is 6.39. The van der Waals surface area contributed by atoms with Gasteiger partial charge in [-0.1, -0.05) is 24.3 Å². The maximum atomic E-state index is 5.75. The standard InChI is InChI=1S/C11H16N2/c1-9-4-2-3-5-11(9)10-6-7-13(12)8-10/h2-5,10H,6-8,12H2,1H3. The number of hydrazine groups is 1. The predicted molar refractivity (Wildman–Crippen MR) is 54.3 cm³/mol. The molecule has 0 bridgehead atoms. The first-order chi connectivity index (χ1) is 6.27. The minimum Gasteiger partial charge on any atom is -0.269 e. The largest absolute Gasteiger partial charge is 0.269 e. The van der Waals surface area contributed by atoms with Gasteiger partial charge in [0, 0.05) is 13.1 Å². The van der Waals surface area contributed by atoms with E-state index in [2.05, 4.69) is 31.2 Å². The van der Waals surface area contributed by atoms with Crippen LogP contribution in [0.5, 0.6) is 0 Å². The van der Waals surface area contributed by atoms with Crippen molar-refractivity contribution in [2.45, 2.75) is 19.3 Å². The summed E-state index contributed by atoms with van der Waals surface area (Å²) in [7, 11) is 0. The third-order valence-electron chi connectivity index (χ3n) is 2.85. The average molecular weight is 176 g/mol. The molecular formula is C11H16N2. The molecule has 1 aliphatic heterocycles. The Labute approximate surface area is 79.3 Å². The second kappa shape index (κ2) is 3.48. The van der Waals surface area contributed by atoms with Crippen molar-refractivity contribution in [2.24, 2.45) is 5.84 Å². The Morgan fingerprint density at radius 2 is 2.15 bits per heavy atom. The zero-order valence-electron chi connectivity index (χ0n) is 8.03. The van der Waals surface area contributed by atoms with E-state index in [0.717, 1.165) is 13.1 Å². The van der Waals surface area contributed by atoms with Gasteiger partial charge in [-0.3, -0.25) is 5.84 Å². The van der Waals surface area contributed by atoms with Crippen molar-refractivity contribution < 1.29 is 0 Å². The van der Waals surface area contributed by atoms with Gasteiger partial charge in [-0.2, -0.15) is 0 Å². The fraction of sp³-hybridized carbons (Fsp3) is 0.455. The van der Waals surface area contributed by atoms with Crippen molar-refractivity contribution in [1.82, 2.24) is 5.01 Å². The fourth-order valence-corrected chi connectivity index (χ4v) is 2.09. The number of aryl methyl sites for hydroxylation is 1. The summed E-state index contributed by atoms with van der Waals surface area (Å²) in [5, 5.41) is 1.91. The van der Waals surface area contributed by atoms with Gasteiger partial charge in [0.05, 0.1) is 0 Å². The molecule has 2 N–H and O–H groups in total. The van der Waals surface area contributed by atoms with Crippen LogP contribution in [-0.4, -0.2) is 18.1 Å². The van der Waals surface area contributed by atoms with E-state index < -0.39 is 0 Å². The maximum absolute atomic E-state index is 5.75. The van der Waals surface area contributed by atoms with Crippen molar-refractivity contribution in [2.75, 3.05) is 13.1 Å². The molecule has 0 aliphatic carbocycles. The zero-order valence-corrected chi connectivity index (χ0v) is 8.03. The van der Waals surface area contributed by atoms with Crippen molar-refractivity contribution in [3.05, 3.63) is 35.4 Å². The molecule has 1 atom stereocenters. The number of hydrogen-bond acceptors (Lipinski definition) is 2. The molecule has 1 aromatic carbocycles. The number of hydrogen-bond donors (Lipinski definition) is 1. The third-order valence-corrected chi connectivity index (χ3v) is 2.85. The highest BCUT2D eigenvalue weighted by Gasteiger charge is 2.22. The van der Waals surface area contributed by atoms with Gasteiger partial charge in [-0.05, 0) is 30.4 Å². The zero-order chi connectivity index (χ0) is 9.26. The monoisotopic (exact) mass is 176 g/mol. The van der Waals surface area contributed by atoms with Crippen LogP contribution in [0.25, 0.3) is 0 Å². The molecule has 2 heteroatoms. The molecule has 0 radical (unpaired) electrons. The fourth-order valence-electron chi connectivity index (χ4n) is 2.09. The van der Waals surface area contributed by atoms with Crippen LogP contribution in [0.3, 0.4) is 0 Å². The molecule has 1 heterocycles. The van der Waals surface area contributed by atoms with E-state index in [9.17, 15) is 0 Å². The van der Waals surface area contributed by atoms with Gasteiger partial charge in [-0.25, -0.2) is 5.01 Å². The van der Waals surface area contributed by atoms with Crippen molar-refractivity contribution in [3.63, 3.8) is 0 Å². The lowest BCUT2D eigenvalue weighted by Crippen LogP contribution is -2.27. The molecule has 1 unspecified atom stereocenters. The van der Waals surface area contributed by atoms with Crippen molar-refractivity contribution >= 4 is 0 Å². The lowest BCUT2D eigenvalue weighted by Gasteiger charge is -2.12. The van der Waals surface area contributed by atoms with E-state index in [1.807, 2.05) is 5.01 Å². The molecule has 1 aromatic rings. The van der Waals surface area contributed by atoms with Crippen LogP contribution in [0.1, 0.15) is 23.5 Å². The van der Waals surface area contributed by atoms with Gasteiger partial charge in [-0.15, -0.1) is 0 Å². The number of nitrogens with two attached hydrogens (primary N) is 1. The summed E-state index contributed by atoms with van der Waals surface area (Å²) in [4.78, 5) is 0. The maximum Gasteiger partial charge on any atom is 0.0198 e. The number of rotatable bonds is 1. The summed E-state index contributed by atoms with van der Waals surface area (Å²) in [6, 6.07) is 8.60. The van der Waals surface area contributed by atoms with Crippen LogP contribution in [0.4, 0.5) is 0 Å². The molecule has 2 nitrogen and oxygen atoms in total. The van der Waals surface area contributed by atoms with E-state index >= 15 is 0 Å². The molecule has 2 rings (SSSR count). The highest BCUT2D eigenvalue weighted by molar-refractivity contribution is 5.30. The Morgan fingerprint density at radius 3 is 2.77 bits per heavy atom.